The highest BCUT2D eigenvalue weighted by molar-refractivity contribution is 6.01. The Bertz CT molecular complexity index is 706. The van der Waals surface area contributed by atoms with Crippen molar-refractivity contribution in [2.45, 2.75) is 58.6 Å². The van der Waals surface area contributed by atoms with E-state index in [2.05, 4.69) is 23.9 Å². The summed E-state index contributed by atoms with van der Waals surface area (Å²) >= 11 is 0. The zero-order valence-corrected chi connectivity index (χ0v) is 16.4. The molecule has 0 spiro atoms. The maximum Gasteiger partial charge on any atom is 0.313 e. The van der Waals surface area contributed by atoms with Gasteiger partial charge in [0.25, 0.3) is 0 Å². The molecule has 0 aliphatic carbocycles. The molecule has 148 valence electrons. The fraction of sp³-hybridized carbons (Fsp3) is 0.619. The maximum atomic E-state index is 14.1. The zero-order valence-electron chi connectivity index (χ0n) is 16.4. The number of hydrogen-bond acceptors (Lipinski definition) is 5. The molecule has 1 fully saturated rings. The van der Waals surface area contributed by atoms with Crippen LogP contribution in [0.3, 0.4) is 0 Å². The van der Waals surface area contributed by atoms with E-state index in [-0.39, 0.29) is 17.9 Å². The topological polar surface area (TPSA) is 51.1 Å². The lowest BCUT2D eigenvalue weighted by Gasteiger charge is -2.43. The van der Waals surface area contributed by atoms with Crippen molar-refractivity contribution in [3.05, 3.63) is 35.6 Å². The first-order chi connectivity index (χ1) is 12.9. The molecule has 0 bridgehead atoms. The summed E-state index contributed by atoms with van der Waals surface area (Å²) in [5, 5.41) is 4.12. The highest BCUT2D eigenvalue weighted by Crippen LogP contribution is 2.39. The first-order valence-corrected chi connectivity index (χ1v) is 9.84. The zero-order chi connectivity index (χ0) is 19.4. The van der Waals surface area contributed by atoms with Gasteiger partial charge in [-0.25, -0.2) is 4.39 Å². The van der Waals surface area contributed by atoms with Crippen molar-refractivity contribution in [3.8, 4) is 0 Å². The van der Waals surface area contributed by atoms with E-state index in [0.29, 0.717) is 43.3 Å². The van der Waals surface area contributed by atoms with E-state index in [9.17, 15) is 9.18 Å². The molecule has 0 aromatic heterocycles. The molecule has 2 atom stereocenters. The summed E-state index contributed by atoms with van der Waals surface area (Å²) in [4.78, 5) is 20.8. The van der Waals surface area contributed by atoms with Gasteiger partial charge in [0.05, 0.1) is 17.7 Å². The van der Waals surface area contributed by atoms with Gasteiger partial charge in [0.15, 0.2) is 0 Å². The SMILES string of the molecule is CCOC(=O)[C@@]1(C[C@@H]2CC(c3ccccc3F)=NO2)CCCN(C(C)C)C1. The summed E-state index contributed by atoms with van der Waals surface area (Å²) in [5.41, 5.74) is 0.481. The number of rotatable bonds is 6. The molecule has 0 saturated carbocycles. The van der Waals surface area contributed by atoms with Gasteiger partial charge in [-0.3, -0.25) is 9.69 Å². The fourth-order valence-electron chi connectivity index (χ4n) is 4.14. The second-order valence-electron chi connectivity index (χ2n) is 7.82. The summed E-state index contributed by atoms with van der Waals surface area (Å²) in [6, 6.07) is 6.95. The van der Waals surface area contributed by atoms with Crippen molar-refractivity contribution in [1.29, 1.82) is 0 Å². The van der Waals surface area contributed by atoms with Crippen molar-refractivity contribution in [1.82, 2.24) is 4.90 Å². The molecule has 0 amide bonds. The van der Waals surface area contributed by atoms with Crippen molar-refractivity contribution in [3.63, 3.8) is 0 Å². The minimum atomic E-state index is -0.594. The van der Waals surface area contributed by atoms with Crippen LogP contribution in [0.4, 0.5) is 4.39 Å². The number of piperidine rings is 1. The number of nitrogens with zero attached hydrogens (tertiary/aromatic N) is 2. The van der Waals surface area contributed by atoms with Crippen LogP contribution in [0.1, 0.15) is 52.0 Å². The van der Waals surface area contributed by atoms with Gasteiger partial charge in [-0.1, -0.05) is 23.4 Å². The van der Waals surface area contributed by atoms with Crippen LogP contribution < -0.4 is 0 Å². The summed E-state index contributed by atoms with van der Waals surface area (Å²) < 4.78 is 19.5. The summed E-state index contributed by atoms with van der Waals surface area (Å²) in [6.45, 7) is 8.14. The molecular formula is C21H29FN2O3. The Kier molecular flexibility index (Phi) is 6.15. The number of oxime groups is 1. The van der Waals surface area contributed by atoms with Crippen molar-refractivity contribution < 1.29 is 18.8 Å². The number of carbonyl (C=O) groups is 1. The lowest BCUT2D eigenvalue weighted by atomic mass is 9.74. The smallest absolute Gasteiger partial charge is 0.313 e. The third-order valence-corrected chi connectivity index (χ3v) is 5.58. The van der Waals surface area contributed by atoms with Crippen LogP contribution in [-0.4, -0.2) is 48.4 Å². The molecular weight excluding hydrogens is 347 g/mol. The summed E-state index contributed by atoms with van der Waals surface area (Å²) in [5.74, 6) is -0.456. The molecule has 2 aliphatic rings. The molecule has 2 aliphatic heterocycles. The van der Waals surface area contributed by atoms with E-state index >= 15 is 0 Å². The Morgan fingerprint density at radius 2 is 2.22 bits per heavy atom. The van der Waals surface area contributed by atoms with Gasteiger partial charge in [-0.15, -0.1) is 0 Å². The lowest BCUT2D eigenvalue weighted by Crippen LogP contribution is -2.52. The number of ether oxygens (including phenoxy) is 1. The highest BCUT2D eigenvalue weighted by atomic mass is 19.1. The van der Waals surface area contributed by atoms with E-state index < -0.39 is 5.41 Å². The Morgan fingerprint density at radius 3 is 2.93 bits per heavy atom. The highest BCUT2D eigenvalue weighted by Gasteiger charge is 2.47. The van der Waals surface area contributed by atoms with Gasteiger partial charge in [-0.2, -0.15) is 0 Å². The Balaban J connectivity index is 1.74. The Morgan fingerprint density at radius 1 is 1.44 bits per heavy atom. The average Bonchev–Trinajstić information content (AvgIpc) is 3.10. The number of benzene rings is 1. The van der Waals surface area contributed by atoms with Crippen LogP contribution in [0.2, 0.25) is 0 Å². The van der Waals surface area contributed by atoms with Crippen molar-refractivity contribution in [2.24, 2.45) is 10.6 Å². The molecule has 1 saturated heterocycles. The minimum absolute atomic E-state index is 0.154. The summed E-state index contributed by atoms with van der Waals surface area (Å²) in [6.07, 6.45) is 2.53. The molecule has 27 heavy (non-hydrogen) atoms. The third-order valence-electron chi connectivity index (χ3n) is 5.58. The monoisotopic (exact) mass is 376 g/mol. The molecule has 6 heteroatoms. The third kappa shape index (κ3) is 4.32. The van der Waals surface area contributed by atoms with Gasteiger partial charge < -0.3 is 9.57 Å². The van der Waals surface area contributed by atoms with Crippen molar-refractivity contribution in [2.75, 3.05) is 19.7 Å². The molecule has 3 rings (SSSR count). The second-order valence-corrected chi connectivity index (χ2v) is 7.82. The first kappa shape index (κ1) is 19.8. The fourth-order valence-corrected chi connectivity index (χ4v) is 4.14. The van der Waals surface area contributed by atoms with Gasteiger partial charge in [0.1, 0.15) is 11.9 Å². The van der Waals surface area contributed by atoms with E-state index in [1.54, 1.807) is 18.2 Å². The minimum Gasteiger partial charge on any atom is -0.466 e. The van der Waals surface area contributed by atoms with Crippen LogP contribution in [0.15, 0.2) is 29.4 Å². The lowest BCUT2D eigenvalue weighted by molar-refractivity contribution is -0.162. The first-order valence-electron chi connectivity index (χ1n) is 9.84. The van der Waals surface area contributed by atoms with Gasteiger partial charge >= 0.3 is 5.97 Å². The molecule has 2 heterocycles. The second kappa shape index (κ2) is 8.38. The molecule has 0 N–H and O–H groups in total. The molecule has 0 unspecified atom stereocenters. The molecule has 0 radical (unpaired) electrons. The van der Waals surface area contributed by atoms with Crippen LogP contribution in [0.25, 0.3) is 0 Å². The number of halogens is 1. The molecule has 1 aromatic carbocycles. The predicted octanol–water partition coefficient (Wildman–Crippen LogP) is 3.76. The van der Waals surface area contributed by atoms with E-state index in [0.717, 1.165) is 19.4 Å². The van der Waals surface area contributed by atoms with E-state index in [1.165, 1.54) is 6.07 Å². The van der Waals surface area contributed by atoms with Crippen LogP contribution in [0.5, 0.6) is 0 Å². The van der Waals surface area contributed by atoms with Crippen molar-refractivity contribution >= 4 is 11.7 Å². The molecule has 1 aromatic rings. The summed E-state index contributed by atoms with van der Waals surface area (Å²) in [7, 11) is 0. The number of likely N-dealkylation sites (tertiary alicyclic amines) is 1. The Hall–Kier alpha value is -1.95. The van der Waals surface area contributed by atoms with E-state index in [1.807, 2.05) is 6.92 Å². The predicted molar refractivity (Wildman–Crippen MR) is 102 cm³/mol. The van der Waals surface area contributed by atoms with Crippen LogP contribution in [0, 0.1) is 11.2 Å². The van der Waals surface area contributed by atoms with Gasteiger partial charge in [-0.05, 0) is 46.2 Å². The maximum absolute atomic E-state index is 14.1. The van der Waals surface area contributed by atoms with Crippen LogP contribution in [-0.2, 0) is 14.4 Å². The van der Waals surface area contributed by atoms with Gasteiger partial charge in [0.2, 0.25) is 0 Å². The molecule has 5 nitrogen and oxygen atoms in total. The normalized spacial score (nSPS) is 26.0. The largest absolute Gasteiger partial charge is 0.466 e. The quantitative estimate of drug-likeness (QED) is 0.710. The number of hydrogen-bond donors (Lipinski definition) is 0. The van der Waals surface area contributed by atoms with Crippen LogP contribution >= 0.6 is 0 Å². The average molecular weight is 376 g/mol. The number of carbonyl (C=O) groups excluding carboxylic acids is 1. The standard InChI is InChI=1S/C21H29FN2O3/c1-4-26-20(25)21(10-7-11-24(14-21)15(2)3)13-16-12-19(23-27-16)17-8-5-6-9-18(17)22/h5-6,8-9,15-16H,4,7,10-14H2,1-3H3/t16-,21+/m0/s1. The van der Waals surface area contributed by atoms with E-state index in [4.69, 9.17) is 9.57 Å². The Labute approximate surface area is 160 Å². The van der Waals surface area contributed by atoms with Gasteiger partial charge in [0, 0.05) is 31.0 Å². The number of esters is 1.